The van der Waals surface area contributed by atoms with Crippen LogP contribution in [0.15, 0.2) is 12.2 Å². The van der Waals surface area contributed by atoms with Gasteiger partial charge in [-0.15, -0.1) is 0 Å². The lowest BCUT2D eigenvalue weighted by molar-refractivity contribution is 0.125. The number of rotatable bonds is 1. The molecule has 0 saturated carbocycles. The molecule has 1 aliphatic rings. The van der Waals surface area contributed by atoms with Crippen LogP contribution in [0.25, 0.3) is 0 Å². The average molecular weight is 98.1 g/mol. The fourth-order valence-electron chi connectivity index (χ4n) is 0.696. The summed E-state index contributed by atoms with van der Waals surface area (Å²) >= 11 is 0. The van der Waals surface area contributed by atoms with Gasteiger partial charge in [-0.3, -0.25) is 0 Å². The van der Waals surface area contributed by atoms with Gasteiger partial charge in [0.2, 0.25) is 0 Å². The van der Waals surface area contributed by atoms with Crippen molar-refractivity contribution in [1.29, 1.82) is 0 Å². The molecule has 0 spiro atoms. The summed E-state index contributed by atoms with van der Waals surface area (Å²) in [6.45, 7) is 2.94. The molecule has 1 aliphatic heterocycles. The molecule has 1 nitrogen and oxygen atoms in total. The van der Waals surface area contributed by atoms with Crippen molar-refractivity contribution in [2.75, 3.05) is 6.61 Å². The Bertz CT molecular complexity index is 76.2. The van der Waals surface area contributed by atoms with E-state index in [-0.39, 0.29) is 0 Å². The molecule has 0 N–H and O–H groups in total. The number of hydrogen-bond acceptors (Lipinski definition) is 1. The van der Waals surface area contributed by atoms with E-state index in [0.717, 1.165) is 13.0 Å². The fourth-order valence-corrected chi connectivity index (χ4v) is 0.696. The van der Waals surface area contributed by atoms with Gasteiger partial charge in [-0.1, -0.05) is 19.1 Å². The van der Waals surface area contributed by atoms with Gasteiger partial charge in [0.1, 0.15) is 0 Å². The second kappa shape index (κ2) is 2.12. The van der Waals surface area contributed by atoms with Crippen LogP contribution >= 0.6 is 0 Å². The van der Waals surface area contributed by atoms with Crippen molar-refractivity contribution in [1.82, 2.24) is 0 Å². The van der Waals surface area contributed by atoms with Crippen LogP contribution in [0.3, 0.4) is 0 Å². The first kappa shape index (κ1) is 4.85. The second-order valence-corrected chi connectivity index (χ2v) is 1.71. The van der Waals surface area contributed by atoms with Crippen molar-refractivity contribution in [3.05, 3.63) is 12.2 Å². The molecule has 0 radical (unpaired) electrons. The Morgan fingerprint density at radius 3 is 3.00 bits per heavy atom. The first-order valence-electron chi connectivity index (χ1n) is 2.71. The maximum Gasteiger partial charge on any atom is 0.0758 e. The summed E-state index contributed by atoms with van der Waals surface area (Å²) in [5.74, 6) is 0. The van der Waals surface area contributed by atoms with Crippen molar-refractivity contribution >= 4 is 0 Å². The van der Waals surface area contributed by atoms with Gasteiger partial charge < -0.3 is 4.74 Å². The van der Waals surface area contributed by atoms with E-state index in [2.05, 4.69) is 19.1 Å². The number of ether oxygens (including phenoxy) is 1. The molecule has 0 amide bonds. The first-order valence-corrected chi connectivity index (χ1v) is 2.71. The predicted octanol–water partition coefficient (Wildman–Crippen LogP) is 1.35. The molecule has 1 heterocycles. The summed E-state index contributed by atoms with van der Waals surface area (Å²) in [4.78, 5) is 0. The van der Waals surface area contributed by atoms with Crippen LogP contribution in [-0.4, -0.2) is 12.7 Å². The van der Waals surface area contributed by atoms with Gasteiger partial charge in [0.15, 0.2) is 0 Å². The zero-order chi connectivity index (χ0) is 5.11. The molecule has 7 heavy (non-hydrogen) atoms. The SMILES string of the molecule is CC[C@@H]1C=CCO1. The Kier molecular flexibility index (Phi) is 1.47. The summed E-state index contributed by atoms with van der Waals surface area (Å²) in [6, 6.07) is 0. The smallest absolute Gasteiger partial charge is 0.0758 e. The van der Waals surface area contributed by atoms with E-state index in [1.165, 1.54) is 0 Å². The van der Waals surface area contributed by atoms with Crippen molar-refractivity contribution in [3.63, 3.8) is 0 Å². The summed E-state index contributed by atoms with van der Waals surface area (Å²) < 4.78 is 5.19. The lowest BCUT2D eigenvalue weighted by Crippen LogP contribution is -2.00. The normalized spacial score (nSPS) is 29.0. The maximum atomic E-state index is 5.19. The first-order chi connectivity index (χ1) is 3.43. The van der Waals surface area contributed by atoms with Gasteiger partial charge in [-0.05, 0) is 6.42 Å². The molecule has 1 rings (SSSR count). The Labute approximate surface area is 44.0 Å². The largest absolute Gasteiger partial charge is 0.370 e. The standard InChI is InChI=1S/C6H10O/c1-2-6-4-3-5-7-6/h3-4,6H,2,5H2,1H3/t6-/m1/s1. The van der Waals surface area contributed by atoms with Crippen LogP contribution in [0.2, 0.25) is 0 Å². The van der Waals surface area contributed by atoms with E-state index >= 15 is 0 Å². The lowest BCUT2D eigenvalue weighted by atomic mass is 10.3. The van der Waals surface area contributed by atoms with Crippen LogP contribution in [0.5, 0.6) is 0 Å². The van der Waals surface area contributed by atoms with Crippen LogP contribution in [0.4, 0.5) is 0 Å². The van der Waals surface area contributed by atoms with Crippen molar-refractivity contribution in [3.8, 4) is 0 Å². The molecule has 0 bridgehead atoms. The average Bonchev–Trinajstić information content (AvgIpc) is 2.14. The fraction of sp³-hybridized carbons (Fsp3) is 0.667. The summed E-state index contributed by atoms with van der Waals surface area (Å²) in [5.41, 5.74) is 0. The van der Waals surface area contributed by atoms with E-state index in [4.69, 9.17) is 4.74 Å². The highest BCUT2D eigenvalue weighted by molar-refractivity contribution is 4.94. The minimum absolute atomic E-state index is 0.417. The third kappa shape index (κ3) is 1.03. The molecular formula is C6H10O. The highest BCUT2D eigenvalue weighted by Gasteiger charge is 2.03. The van der Waals surface area contributed by atoms with E-state index in [1.807, 2.05) is 0 Å². The second-order valence-electron chi connectivity index (χ2n) is 1.71. The van der Waals surface area contributed by atoms with Crippen molar-refractivity contribution < 1.29 is 4.74 Å². The molecule has 0 saturated heterocycles. The van der Waals surface area contributed by atoms with Crippen molar-refractivity contribution in [2.24, 2.45) is 0 Å². The van der Waals surface area contributed by atoms with E-state index in [0.29, 0.717) is 6.10 Å². The Morgan fingerprint density at radius 1 is 1.86 bits per heavy atom. The van der Waals surface area contributed by atoms with Crippen LogP contribution in [0, 0.1) is 0 Å². The van der Waals surface area contributed by atoms with Gasteiger partial charge in [-0.2, -0.15) is 0 Å². The molecule has 0 fully saturated rings. The Morgan fingerprint density at radius 2 is 2.71 bits per heavy atom. The zero-order valence-electron chi connectivity index (χ0n) is 4.55. The van der Waals surface area contributed by atoms with Gasteiger partial charge in [0.25, 0.3) is 0 Å². The minimum Gasteiger partial charge on any atom is -0.370 e. The third-order valence-electron chi connectivity index (χ3n) is 1.16. The highest BCUT2D eigenvalue weighted by atomic mass is 16.5. The summed E-state index contributed by atoms with van der Waals surface area (Å²) in [6.07, 6.45) is 5.70. The summed E-state index contributed by atoms with van der Waals surface area (Å²) in [7, 11) is 0. The van der Waals surface area contributed by atoms with E-state index < -0.39 is 0 Å². The molecular weight excluding hydrogens is 88.1 g/mol. The molecule has 40 valence electrons. The van der Waals surface area contributed by atoms with Crippen LogP contribution < -0.4 is 0 Å². The quantitative estimate of drug-likeness (QED) is 0.450. The highest BCUT2D eigenvalue weighted by Crippen LogP contribution is 2.05. The van der Waals surface area contributed by atoms with Gasteiger partial charge in [-0.25, -0.2) is 0 Å². The molecule has 1 atom stereocenters. The lowest BCUT2D eigenvalue weighted by Gasteiger charge is -2.00. The van der Waals surface area contributed by atoms with Gasteiger partial charge >= 0.3 is 0 Å². The predicted molar refractivity (Wildman–Crippen MR) is 29.2 cm³/mol. The molecule has 1 heteroatoms. The number of hydrogen-bond donors (Lipinski definition) is 0. The third-order valence-corrected chi connectivity index (χ3v) is 1.16. The zero-order valence-corrected chi connectivity index (χ0v) is 4.55. The monoisotopic (exact) mass is 98.1 g/mol. The van der Waals surface area contributed by atoms with Crippen LogP contribution in [-0.2, 0) is 4.74 Å². The van der Waals surface area contributed by atoms with Crippen molar-refractivity contribution in [2.45, 2.75) is 19.4 Å². The molecule has 0 unspecified atom stereocenters. The Hall–Kier alpha value is -0.300. The van der Waals surface area contributed by atoms with Gasteiger partial charge in [0, 0.05) is 0 Å². The van der Waals surface area contributed by atoms with Gasteiger partial charge in [0.05, 0.1) is 12.7 Å². The van der Waals surface area contributed by atoms with Crippen LogP contribution in [0.1, 0.15) is 13.3 Å². The minimum atomic E-state index is 0.417. The maximum absolute atomic E-state index is 5.19. The van der Waals surface area contributed by atoms with E-state index in [1.54, 1.807) is 0 Å². The molecule has 0 aromatic heterocycles. The topological polar surface area (TPSA) is 9.23 Å². The molecule has 0 aliphatic carbocycles. The summed E-state index contributed by atoms with van der Waals surface area (Å²) in [5, 5.41) is 0. The molecule has 0 aromatic rings. The van der Waals surface area contributed by atoms with E-state index in [9.17, 15) is 0 Å². The Balaban J connectivity index is 2.28. The molecule has 0 aromatic carbocycles.